The number of hydrogen-bond acceptors (Lipinski definition) is 4. The van der Waals surface area contributed by atoms with E-state index in [2.05, 4.69) is 10.6 Å². The normalized spacial score (nSPS) is 18.5. The van der Waals surface area contributed by atoms with Crippen molar-refractivity contribution in [2.45, 2.75) is 32.2 Å². The smallest absolute Gasteiger partial charge is 0.325 e. The summed E-state index contributed by atoms with van der Waals surface area (Å²) in [7, 11) is 0. The lowest BCUT2D eigenvalue weighted by Crippen LogP contribution is -2.42. The molecule has 1 atom stereocenters. The Kier molecular flexibility index (Phi) is 5.60. The number of hydrogen-bond donors (Lipinski definition) is 3. The summed E-state index contributed by atoms with van der Waals surface area (Å²) in [6, 6.07) is 12.9. The van der Waals surface area contributed by atoms with Crippen LogP contribution in [-0.4, -0.2) is 35.2 Å². The molecule has 1 aliphatic rings. The molecule has 0 bridgehead atoms. The van der Waals surface area contributed by atoms with Gasteiger partial charge in [0.25, 0.3) is 5.91 Å². The minimum Gasteiger partial charge on any atom is -0.366 e. The van der Waals surface area contributed by atoms with Crippen LogP contribution in [0.15, 0.2) is 48.5 Å². The minimum atomic E-state index is -1.40. The Hall–Kier alpha value is -3.68. The third kappa shape index (κ3) is 4.03. The predicted octanol–water partition coefficient (Wildman–Crippen LogP) is 2.31. The molecule has 1 fully saturated rings. The Morgan fingerprint density at radius 2 is 1.83 bits per heavy atom. The zero-order valence-corrected chi connectivity index (χ0v) is 17.1. The second-order valence-electron chi connectivity index (χ2n) is 7.72. The van der Waals surface area contributed by atoms with Crippen LogP contribution in [0.25, 0.3) is 0 Å². The van der Waals surface area contributed by atoms with Crippen LogP contribution >= 0.6 is 0 Å². The molecule has 8 nitrogen and oxygen atoms in total. The van der Waals surface area contributed by atoms with Crippen molar-refractivity contribution in [3.05, 3.63) is 65.2 Å². The molecule has 0 aromatic heterocycles. The van der Waals surface area contributed by atoms with Crippen molar-refractivity contribution >= 4 is 29.4 Å². The van der Waals surface area contributed by atoms with Crippen molar-refractivity contribution in [3.63, 3.8) is 0 Å². The van der Waals surface area contributed by atoms with Gasteiger partial charge in [0.15, 0.2) is 0 Å². The second kappa shape index (κ2) is 7.98. The first-order chi connectivity index (χ1) is 14.1. The molecule has 30 heavy (non-hydrogen) atoms. The van der Waals surface area contributed by atoms with Crippen LogP contribution in [0.4, 0.5) is 10.5 Å². The van der Waals surface area contributed by atoms with E-state index in [0.29, 0.717) is 17.2 Å². The lowest BCUT2D eigenvalue weighted by Gasteiger charge is -2.22. The lowest BCUT2D eigenvalue weighted by molar-refractivity contribution is -0.133. The van der Waals surface area contributed by atoms with Gasteiger partial charge in [0.2, 0.25) is 11.8 Å². The van der Waals surface area contributed by atoms with Gasteiger partial charge in [0.1, 0.15) is 12.1 Å². The van der Waals surface area contributed by atoms with Gasteiger partial charge < -0.3 is 16.4 Å². The number of imide groups is 1. The number of nitrogens with one attached hydrogen (secondary N) is 2. The summed E-state index contributed by atoms with van der Waals surface area (Å²) in [5, 5.41) is 5.33. The highest BCUT2D eigenvalue weighted by atomic mass is 16.2. The van der Waals surface area contributed by atoms with Crippen LogP contribution in [-0.2, 0) is 15.1 Å². The number of carbonyl (C=O) groups is 4. The summed E-state index contributed by atoms with van der Waals surface area (Å²) in [6.45, 7) is 5.18. The van der Waals surface area contributed by atoms with Crippen LogP contribution in [0.1, 0.15) is 48.2 Å². The van der Waals surface area contributed by atoms with Crippen LogP contribution in [0, 0.1) is 0 Å². The molecule has 3 rings (SSSR count). The van der Waals surface area contributed by atoms with E-state index in [9.17, 15) is 19.2 Å². The molecule has 156 valence electrons. The van der Waals surface area contributed by atoms with E-state index >= 15 is 0 Å². The fourth-order valence-electron chi connectivity index (χ4n) is 3.34. The highest BCUT2D eigenvalue weighted by molar-refractivity contribution is 6.10. The van der Waals surface area contributed by atoms with Gasteiger partial charge in [0.05, 0.1) is 0 Å². The van der Waals surface area contributed by atoms with Gasteiger partial charge in [-0.1, -0.05) is 38.1 Å². The first-order valence-corrected chi connectivity index (χ1v) is 9.56. The quantitative estimate of drug-likeness (QED) is 0.635. The Bertz CT molecular complexity index is 1030. The summed E-state index contributed by atoms with van der Waals surface area (Å²) in [6.07, 6.45) is 0. The minimum absolute atomic E-state index is 0.219. The number of urea groups is 1. The number of benzene rings is 2. The molecule has 2 aromatic carbocycles. The van der Waals surface area contributed by atoms with E-state index in [1.165, 1.54) is 19.1 Å². The first-order valence-electron chi connectivity index (χ1n) is 9.56. The second-order valence-corrected chi connectivity index (χ2v) is 7.72. The molecule has 4 N–H and O–H groups in total. The van der Waals surface area contributed by atoms with Crippen molar-refractivity contribution < 1.29 is 19.2 Å². The highest BCUT2D eigenvalue weighted by Gasteiger charge is 2.49. The van der Waals surface area contributed by atoms with E-state index in [1.807, 2.05) is 32.0 Å². The summed E-state index contributed by atoms with van der Waals surface area (Å²) in [4.78, 5) is 50.2. The number of anilines is 1. The Morgan fingerprint density at radius 3 is 2.50 bits per heavy atom. The zero-order valence-electron chi connectivity index (χ0n) is 17.1. The number of amides is 5. The predicted molar refractivity (Wildman–Crippen MR) is 112 cm³/mol. The molecule has 5 amide bonds. The fraction of sp³-hybridized carbons (Fsp3) is 0.273. The van der Waals surface area contributed by atoms with Gasteiger partial charge in [-0.2, -0.15) is 0 Å². The first kappa shape index (κ1) is 21.0. The topological polar surface area (TPSA) is 122 Å². The molecule has 2 aromatic rings. The largest absolute Gasteiger partial charge is 0.366 e. The molecule has 1 heterocycles. The van der Waals surface area contributed by atoms with Crippen molar-refractivity contribution in [2.75, 3.05) is 11.9 Å². The molecular formula is C22H24N4O4. The van der Waals surface area contributed by atoms with Gasteiger partial charge >= 0.3 is 6.03 Å². The lowest BCUT2D eigenvalue weighted by atomic mass is 9.90. The Morgan fingerprint density at radius 1 is 1.13 bits per heavy atom. The van der Waals surface area contributed by atoms with Gasteiger partial charge in [-0.3, -0.25) is 19.3 Å². The number of nitrogens with zero attached hydrogens (tertiary/aromatic N) is 1. The van der Waals surface area contributed by atoms with Crippen LogP contribution in [0.3, 0.4) is 0 Å². The number of primary amides is 1. The van der Waals surface area contributed by atoms with Gasteiger partial charge in [-0.05, 0) is 48.2 Å². The molecule has 0 saturated carbocycles. The van der Waals surface area contributed by atoms with E-state index in [1.54, 1.807) is 18.2 Å². The standard InChI is InChI=1S/C22H24N4O4/c1-13(2)14-6-5-9-17(11-14)24-18(27)12-26-20(29)22(3,25-21(26)30)16-8-4-7-15(10-16)19(23)28/h4-11,13H,12H2,1-3H3,(H2,23,28)(H,24,27)(H,25,30). The maximum Gasteiger partial charge on any atom is 0.325 e. The van der Waals surface area contributed by atoms with Crippen molar-refractivity contribution in [2.24, 2.45) is 5.73 Å². The number of carbonyl (C=O) groups excluding carboxylic acids is 4. The molecule has 1 unspecified atom stereocenters. The third-order valence-corrected chi connectivity index (χ3v) is 5.14. The average Bonchev–Trinajstić information content (AvgIpc) is 2.92. The maximum absolute atomic E-state index is 13.0. The summed E-state index contributed by atoms with van der Waals surface area (Å²) >= 11 is 0. The van der Waals surface area contributed by atoms with Crippen molar-refractivity contribution in [1.29, 1.82) is 0 Å². The molecule has 8 heteroatoms. The number of nitrogens with two attached hydrogens (primary N) is 1. The molecule has 0 spiro atoms. The van der Waals surface area contributed by atoms with E-state index in [4.69, 9.17) is 5.73 Å². The Balaban J connectivity index is 1.76. The molecule has 1 aliphatic heterocycles. The van der Waals surface area contributed by atoms with Gasteiger partial charge in [-0.25, -0.2) is 4.79 Å². The zero-order chi connectivity index (χ0) is 22.1. The van der Waals surface area contributed by atoms with E-state index in [-0.39, 0.29) is 5.56 Å². The maximum atomic E-state index is 13.0. The van der Waals surface area contributed by atoms with Crippen LogP contribution in [0.5, 0.6) is 0 Å². The van der Waals surface area contributed by atoms with Crippen molar-refractivity contribution in [1.82, 2.24) is 10.2 Å². The summed E-state index contributed by atoms with van der Waals surface area (Å²) in [5.74, 6) is -1.42. The number of rotatable bonds is 6. The van der Waals surface area contributed by atoms with Crippen LogP contribution < -0.4 is 16.4 Å². The van der Waals surface area contributed by atoms with Crippen LogP contribution in [0.2, 0.25) is 0 Å². The van der Waals surface area contributed by atoms with Gasteiger partial charge in [-0.15, -0.1) is 0 Å². The molecular weight excluding hydrogens is 384 g/mol. The Labute approximate surface area is 174 Å². The SMILES string of the molecule is CC(C)c1cccc(NC(=O)CN2C(=O)NC(C)(c3cccc(C(N)=O)c3)C2=O)c1. The van der Waals surface area contributed by atoms with E-state index < -0.39 is 35.8 Å². The third-order valence-electron chi connectivity index (χ3n) is 5.14. The monoisotopic (exact) mass is 408 g/mol. The molecule has 1 saturated heterocycles. The fourth-order valence-corrected chi connectivity index (χ4v) is 3.34. The molecule has 0 aliphatic carbocycles. The van der Waals surface area contributed by atoms with Gasteiger partial charge in [0, 0.05) is 11.3 Å². The summed E-state index contributed by atoms with van der Waals surface area (Å²) in [5.41, 5.74) is 6.18. The van der Waals surface area contributed by atoms with E-state index in [0.717, 1.165) is 10.5 Å². The average molecular weight is 408 g/mol. The van der Waals surface area contributed by atoms with Crippen molar-refractivity contribution in [3.8, 4) is 0 Å². The highest BCUT2D eigenvalue weighted by Crippen LogP contribution is 2.29. The molecule has 0 radical (unpaired) electrons. The summed E-state index contributed by atoms with van der Waals surface area (Å²) < 4.78 is 0.